The number of carbonyl (C=O) groups is 2. The fourth-order valence-corrected chi connectivity index (χ4v) is 3.68. The van der Waals surface area contributed by atoms with E-state index in [-0.39, 0.29) is 24.0 Å². The molecule has 0 radical (unpaired) electrons. The Morgan fingerprint density at radius 1 is 1.29 bits per heavy atom. The Balaban J connectivity index is 2.36. The molecule has 1 fully saturated rings. The van der Waals surface area contributed by atoms with Crippen LogP contribution in [-0.4, -0.2) is 45.4 Å². The molecule has 0 aromatic heterocycles. The van der Waals surface area contributed by atoms with Crippen molar-refractivity contribution < 1.29 is 18.9 Å². The first-order valence-corrected chi connectivity index (χ1v) is 8.78. The van der Waals surface area contributed by atoms with E-state index in [1.54, 1.807) is 0 Å². The number of carbonyl (C=O) groups excluding carboxylic acids is 1. The Labute approximate surface area is 128 Å². The average molecular weight is 318 g/mol. The van der Waals surface area contributed by atoms with Gasteiger partial charge < -0.3 is 15.7 Å². The minimum atomic E-state index is -0.890. The van der Waals surface area contributed by atoms with E-state index < -0.39 is 22.7 Å². The number of carboxylic acid groups (broad SMARTS) is 1. The molecule has 1 aliphatic rings. The van der Waals surface area contributed by atoms with Crippen LogP contribution in [0.5, 0.6) is 0 Å². The number of aliphatic carboxylic acids is 1. The molecular weight excluding hydrogens is 292 g/mol. The summed E-state index contributed by atoms with van der Waals surface area (Å²) < 4.78 is 11.2. The van der Waals surface area contributed by atoms with E-state index in [0.29, 0.717) is 30.8 Å². The van der Waals surface area contributed by atoms with Crippen molar-refractivity contribution in [1.29, 1.82) is 0 Å². The molecule has 7 heteroatoms. The number of urea groups is 1. The highest BCUT2D eigenvalue weighted by molar-refractivity contribution is 7.85. The van der Waals surface area contributed by atoms with Crippen LogP contribution in [0.1, 0.15) is 40.0 Å². The topological polar surface area (TPSA) is 95.5 Å². The molecule has 0 aromatic carbocycles. The van der Waals surface area contributed by atoms with Gasteiger partial charge in [-0.1, -0.05) is 20.8 Å². The second-order valence-corrected chi connectivity index (χ2v) is 8.47. The van der Waals surface area contributed by atoms with Gasteiger partial charge in [-0.3, -0.25) is 9.00 Å². The van der Waals surface area contributed by atoms with Crippen molar-refractivity contribution >= 4 is 22.8 Å². The summed E-state index contributed by atoms with van der Waals surface area (Å²) in [6.07, 6.45) is 1.93. The highest BCUT2D eigenvalue weighted by Gasteiger charge is 2.25. The molecule has 0 aliphatic carbocycles. The first kappa shape index (κ1) is 17.9. The number of rotatable bonds is 5. The molecule has 1 aliphatic heterocycles. The zero-order chi connectivity index (χ0) is 16.0. The second kappa shape index (κ2) is 7.77. The van der Waals surface area contributed by atoms with Crippen molar-refractivity contribution in [2.75, 3.05) is 18.1 Å². The fourth-order valence-electron chi connectivity index (χ4n) is 2.38. The zero-order valence-electron chi connectivity index (χ0n) is 13.0. The smallest absolute Gasteiger partial charge is 0.315 e. The van der Waals surface area contributed by atoms with Gasteiger partial charge in [0.05, 0.1) is 5.92 Å². The number of nitrogens with one attached hydrogen (secondary N) is 2. The standard InChI is InChI=1S/C14H26N2O4S/c1-14(2,3)8-10(12(17)18)9-15-13(19)16-11-4-6-21(20)7-5-11/h10-11H,4-9H2,1-3H3,(H,17,18)(H2,15,16,19). The minimum absolute atomic E-state index is 0.0357. The van der Waals surface area contributed by atoms with Gasteiger partial charge >= 0.3 is 12.0 Å². The van der Waals surface area contributed by atoms with E-state index in [9.17, 15) is 18.9 Å². The van der Waals surface area contributed by atoms with Crippen LogP contribution in [0.2, 0.25) is 0 Å². The fraction of sp³-hybridized carbons (Fsp3) is 0.857. The number of hydrogen-bond acceptors (Lipinski definition) is 3. The van der Waals surface area contributed by atoms with Crippen molar-refractivity contribution in [3.8, 4) is 0 Å². The van der Waals surface area contributed by atoms with E-state index in [1.165, 1.54) is 0 Å². The van der Waals surface area contributed by atoms with E-state index >= 15 is 0 Å². The maximum Gasteiger partial charge on any atom is 0.315 e. The van der Waals surface area contributed by atoms with Gasteiger partial charge in [0.2, 0.25) is 0 Å². The molecule has 21 heavy (non-hydrogen) atoms. The largest absolute Gasteiger partial charge is 0.481 e. The van der Waals surface area contributed by atoms with Gasteiger partial charge in [-0.2, -0.15) is 0 Å². The van der Waals surface area contributed by atoms with E-state index in [2.05, 4.69) is 10.6 Å². The predicted molar refractivity (Wildman–Crippen MR) is 82.6 cm³/mol. The monoisotopic (exact) mass is 318 g/mol. The van der Waals surface area contributed by atoms with Crippen LogP contribution >= 0.6 is 0 Å². The average Bonchev–Trinajstić information content (AvgIpc) is 2.35. The summed E-state index contributed by atoms with van der Waals surface area (Å²) in [5.41, 5.74) is -0.103. The molecule has 0 bridgehead atoms. The summed E-state index contributed by atoms with van der Waals surface area (Å²) in [7, 11) is -0.754. The van der Waals surface area contributed by atoms with Crippen molar-refractivity contribution in [2.45, 2.75) is 46.1 Å². The molecule has 0 aromatic rings. The normalized spacial score (nSPS) is 24.1. The van der Waals surface area contributed by atoms with Crippen molar-refractivity contribution in [3.63, 3.8) is 0 Å². The van der Waals surface area contributed by atoms with Gasteiger partial charge in [0.25, 0.3) is 0 Å². The molecule has 0 saturated carbocycles. The van der Waals surface area contributed by atoms with Crippen LogP contribution in [0, 0.1) is 11.3 Å². The number of amides is 2. The van der Waals surface area contributed by atoms with Crippen LogP contribution in [0.15, 0.2) is 0 Å². The molecule has 1 unspecified atom stereocenters. The summed E-state index contributed by atoms with van der Waals surface area (Å²) in [5.74, 6) is -0.243. The molecule has 1 rings (SSSR count). The van der Waals surface area contributed by atoms with Gasteiger partial charge in [0.15, 0.2) is 0 Å². The van der Waals surface area contributed by atoms with Gasteiger partial charge in [0.1, 0.15) is 0 Å². The lowest BCUT2D eigenvalue weighted by atomic mass is 9.84. The quantitative estimate of drug-likeness (QED) is 0.712. The Kier molecular flexibility index (Phi) is 6.64. The van der Waals surface area contributed by atoms with Crippen molar-refractivity contribution in [2.24, 2.45) is 11.3 Å². The van der Waals surface area contributed by atoms with E-state index in [0.717, 1.165) is 0 Å². The molecule has 1 saturated heterocycles. The summed E-state index contributed by atoms with van der Waals surface area (Å²) in [5, 5.41) is 14.7. The second-order valence-electron chi connectivity index (χ2n) is 6.78. The molecule has 2 amide bonds. The summed E-state index contributed by atoms with van der Waals surface area (Å²) in [4.78, 5) is 23.0. The van der Waals surface area contributed by atoms with Gasteiger partial charge in [0, 0.05) is 34.9 Å². The van der Waals surface area contributed by atoms with Gasteiger partial charge in [-0.05, 0) is 24.7 Å². The Hall–Kier alpha value is -1.11. The van der Waals surface area contributed by atoms with Crippen LogP contribution < -0.4 is 10.6 Å². The van der Waals surface area contributed by atoms with Crippen LogP contribution in [-0.2, 0) is 15.6 Å². The number of carboxylic acids is 1. The molecule has 1 heterocycles. The van der Waals surface area contributed by atoms with Crippen molar-refractivity contribution in [1.82, 2.24) is 10.6 Å². The summed E-state index contributed by atoms with van der Waals surface area (Å²) >= 11 is 0. The van der Waals surface area contributed by atoms with Gasteiger partial charge in [-0.25, -0.2) is 4.79 Å². The first-order valence-electron chi connectivity index (χ1n) is 7.29. The lowest BCUT2D eigenvalue weighted by Crippen LogP contribution is -2.46. The summed E-state index contributed by atoms with van der Waals surface area (Å²) in [6, 6.07) is -0.304. The van der Waals surface area contributed by atoms with Crippen LogP contribution in [0.25, 0.3) is 0 Å². The molecular formula is C14H26N2O4S. The lowest BCUT2D eigenvalue weighted by molar-refractivity contribution is -0.142. The third kappa shape index (κ3) is 7.45. The molecule has 6 nitrogen and oxygen atoms in total. The first-order chi connectivity index (χ1) is 9.67. The summed E-state index contributed by atoms with van der Waals surface area (Å²) in [6.45, 7) is 6.05. The maximum atomic E-state index is 11.8. The predicted octanol–water partition coefficient (Wildman–Crippen LogP) is 1.33. The minimum Gasteiger partial charge on any atom is -0.481 e. The van der Waals surface area contributed by atoms with Crippen LogP contribution in [0.3, 0.4) is 0 Å². The number of hydrogen-bond donors (Lipinski definition) is 3. The Morgan fingerprint density at radius 2 is 1.86 bits per heavy atom. The zero-order valence-corrected chi connectivity index (χ0v) is 13.8. The van der Waals surface area contributed by atoms with Crippen molar-refractivity contribution in [3.05, 3.63) is 0 Å². The molecule has 122 valence electrons. The third-order valence-electron chi connectivity index (χ3n) is 3.44. The van der Waals surface area contributed by atoms with E-state index in [4.69, 9.17) is 0 Å². The molecule has 0 spiro atoms. The van der Waals surface area contributed by atoms with Gasteiger partial charge in [-0.15, -0.1) is 0 Å². The lowest BCUT2D eigenvalue weighted by Gasteiger charge is -2.25. The van der Waals surface area contributed by atoms with Crippen LogP contribution in [0.4, 0.5) is 4.79 Å². The highest BCUT2D eigenvalue weighted by Crippen LogP contribution is 2.24. The Bertz CT molecular complexity index is 396. The third-order valence-corrected chi connectivity index (χ3v) is 4.82. The maximum absolute atomic E-state index is 11.8. The van der Waals surface area contributed by atoms with E-state index in [1.807, 2.05) is 20.8 Å². The molecule has 1 atom stereocenters. The molecule has 3 N–H and O–H groups in total. The Morgan fingerprint density at radius 3 is 2.33 bits per heavy atom. The highest BCUT2D eigenvalue weighted by atomic mass is 32.2. The SMILES string of the molecule is CC(C)(C)CC(CNC(=O)NC1CCS(=O)CC1)C(=O)O.